The number of guanidine groups is 2. The van der Waals surface area contributed by atoms with Crippen LogP contribution >= 0.6 is 11.6 Å². The van der Waals surface area contributed by atoms with Gasteiger partial charge in [-0.15, -0.1) is 0 Å². The summed E-state index contributed by atoms with van der Waals surface area (Å²) in [4.78, 5) is 30.9. The molecular weight excluding hydrogens is 564 g/mol. The first-order valence-electron chi connectivity index (χ1n) is 13.7. The number of amides is 2. The molecule has 42 heavy (non-hydrogen) atoms. The van der Waals surface area contributed by atoms with Gasteiger partial charge in [-0.1, -0.05) is 43.6 Å². The van der Waals surface area contributed by atoms with Gasteiger partial charge in [0.15, 0.2) is 5.96 Å². The predicted octanol–water partition coefficient (Wildman–Crippen LogP) is -1.10. The monoisotopic (exact) mass is 597 g/mol. The molecule has 2 aromatic rings. The minimum atomic E-state index is -2.60. The minimum absolute atomic E-state index is 0.0150. The van der Waals surface area contributed by atoms with Crippen LogP contribution < -0.4 is 37.5 Å². The van der Waals surface area contributed by atoms with Crippen LogP contribution in [-0.2, 0) is 5.41 Å². The SMILES string of the molecule is CC1(C)CCOc2c(C(=O)NC3C[N+]4=C(N)N[C@@H](CNC(=O)c5cccc(Cl)c5)[C@@H]5N=C(N)N[C@@]54C3(O)O)cccc21. The first-order chi connectivity index (χ1) is 19.8. The quantitative estimate of drug-likeness (QED) is 0.156. The van der Waals surface area contributed by atoms with Crippen molar-refractivity contribution in [1.82, 2.24) is 21.3 Å². The second kappa shape index (κ2) is 9.75. The number of aliphatic hydroxyl groups is 2. The minimum Gasteiger partial charge on any atom is -0.492 e. The maximum atomic E-state index is 13.6. The number of carbonyl (C=O) groups is 2. The number of nitrogens with zero attached hydrogens (tertiary/aromatic N) is 2. The summed E-state index contributed by atoms with van der Waals surface area (Å²) >= 11 is 6.02. The van der Waals surface area contributed by atoms with Gasteiger partial charge in [0.1, 0.15) is 23.9 Å². The molecule has 0 radical (unpaired) electrons. The van der Waals surface area contributed by atoms with E-state index in [4.69, 9.17) is 27.8 Å². The summed E-state index contributed by atoms with van der Waals surface area (Å²) in [5.41, 5.74) is 12.1. The van der Waals surface area contributed by atoms with Crippen molar-refractivity contribution < 1.29 is 29.1 Å². The van der Waals surface area contributed by atoms with Gasteiger partial charge >= 0.3 is 5.96 Å². The van der Waals surface area contributed by atoms with E-state index in [0.717, 1.165) is 12.0 Å². The van der Waals surface area contributed by atoms with Gasteiger partial charge in [-0.05, 0) is 36.1 Å². The van der Waals surface area contributed by atoms with Gasteiger partial charge in [-0.3, -0.25) is 20.6 Å². The van der Waals surface area contributed by atoms with Crippen LogP contribution in [0.15, 0.2) is 47.5 Å². The Balaban J connectivity index is 1.27. The Morgan fingerprint density at radius 3 is 2.71 bits per heavy atom. The number of nitrogens with two attached hydrogens (primary N) is 2. The molecule has 222 valence electrons. The van der Waals surface area contributed by atoms with Gasteiger partial charge in [-0.2, -0.15) is 0 Å². The number of ether oxygens (including phenoxy) is 1. The van der Waals surface area contributed by atoms with E-state index in [1.54, 1.807) is 30.3 Å². The topological polar surface area (TPSA) is 199 Å². The number of carbonyl (C=O) groups excluding carboxylic acids is 2. The molecule has 0 aliphatic carbocycles. The lowest BCUT2D eigenvalue weighted by molar-refractivity contribution is -0.623. The second-order valence-electron chi connectivity index (χ2n) is 11.7. The van der Waals surface area contributed by atoms with Gasteiger partial charge in [0, 0.05) is 16.1 Å². The van der Waals surface area contributed by atoms with Gasteiger partial charge in [0.05, 0.1) is 25.3 Å². The van der Waals surface area contributed by atoms with E-state index in [0.29, 0.717) is 28.5 Å². The fourth-order valence-electron chi connectivity index (χ4n) is 6.44. The Morgan fingerprint density at radius 1 is 1.19 bits per heavy atom. The fourth-order valence-corrected chi connectivity index (χ4v) is 6.63. The van der Waals surface area contributed by atoms with Crippen LogP contribution in [0.25, 0.3) is 0 Å². The molecule has 6 rings (SSSR count). The first kappa shape index (κ1) is 28.1. The average molecular weight is 598 g/mol. The highest BCUT2D eigenvalue weighted by Crippen LogP contribution is 2.43. The van der Waals surface area contributed by atoms with Crippen molar-refractivity contribution in [3.63, 3.8) is 0 Å². The van der Waals surface area contributed by atoms with Crippen LogP contribution in [0.2, 0.25) is 5.02 Å². The highest BCUT2D eigenvalue weighted by molar-refractivity contribution is 6.31. The van der Waals surface area contributed by atoms with Crippen LogP contribution in [0.4, 0.5) is 0 Å². The molecule has 2 aromatic carbocycles. The lowest BCUT2D eigenvalue weighted by Gasteiger charge is -2.43. The van der Waals surface area contributed by atoms with E-state index >= 15 is 0 Å². The van der Waals surface area contributed by atoms with E-state index in [1.807, 2.05) is 6.07 Å². The maximum Gasteiger partial charge on any atom is 0.346 e. The fraction of sp³-hybridized carbons (Fsp3) is 0.429. The summed E-state index contributed by atoms with van der Waals surface area (Å²) in [5, 5.41) is 35.5. The van der Waals surface area contributed by atoms with Gasteiger partial charge in [-0.25, -0.2) is 9.57 Å². The van der Waals surface area contributed by atoms with E-state index in [9.17, 15) is 19.8 Å². The Bertz CT molecular complexity index is 1540. The standard InChI is InChI=1S/C28H33ClN8O5/c1-26(2)9-10-42-20-16(7-4-8-17(20)26)23(39)34-19-13-37-25(31)33-18(12-32-22(38)14-5-3-6-15(29)11-14)21-27(37,28(19,40)41)36-24(30)35-21/h3-8,11,18-19,21,40-41H,9-10,12-13H2,1-2H3,(H7,30,31,32,33,34,35,36,38,39)/p+1/t18-,19?,21-,27-/m0/s1. The van der Waals surface area contributed by atoms with Crippen molar-refractivity contribution in [3.05, 3.63) is 64.2 Å². The number of nitrogens with one attached hydrogen (secondary N) is 4. The summed E-state index contributed by atoms with van der Waals surface area (Å²) in [5.74, 6) is -2.98. The summed E-state index contributed by atoms with van der Waals surface area (Å²) < 4.78 is 7.40. The number of hydrogen-bond donors (Lipinski definition) is 8. The Labute approximate surface area is 247 Å². The van der Waals surface area contributed by atoms with Crippen LogP contribution in [0.1, 0.15) is 46.5 Å². The zero-order valence-corrected chi connectivity index (χ0v) is 23.9. The molecule has 0 saturated carbocycles. The first-order valence-corrected chi connectivity index (χ1v) is 14.1. The van der Waals surface area contributed by atoms with Gasteiger partial charge in [0.25, 0.3) is 11.8 Å². The zero-order valence-electron chi connectivity index (χ0n) is 23.1. The van der Waals surface area contributed by atoms with Crippen LogP contribution in [-0.4, -0.2) is 87.8 Å². The number of hydrogen-bond acceptors (Lipinski definition) is 10. The van der Waals surface area contributed by atoms with Crippen molar-refractivity contribution in [2.45, 2.75) is 55.3 Å². The second-order valence-corrected chi connectivity index (χ2v) is 12.2. The largest absolute Gasteiger partial charge is 0.492 e. The van der Waals surface area contributed by atoms with Crippen molar-refractivity contribution >= 4 is 35.3 Å². The predicted molar refractivity (Wildman–Crippen MR) is 154 cm³/mol. The van der Waals surface area contributed by atoms with Crippen molar-refractivity contribution in [1.29, 1.82) is 0 Å². The normalized spacial score (nSPS) is 28.2. The number of aliphatic imine (C=N–C) groups is 1. The molecule has 1 unspecified atom stereocenters. The number of benzene rings is 2. The van der Waals surface area contributed by atoms with Crippen molar-refractivity contribution in [2.24, 2.45) is 16.5 Å². The lowest BCUT2D eigenvalue weighted by atomic mass is 9.79. The Hall–Kier alpha value is -4.07. The Kier molecular flexibility index (Phi) is 6.52. The number of fused-ring (bicyclic) bond motifs is 1. The molecule has 13 nitrogen and oxygen atoms in total. The smallest absolute Gasteiger partial charge is 0.346 e. The number of rotatable bonds is 5. The van der Waals surface area contributed by atoms with Crippen LogP contribution in [0, 0.1) is 0 Å². The molecule has 10 N–H and O–H groups in total. The summed E-state index contributed by atoms with van der Waals surface area (Å²) in [6, 6.07) is 9.02. The molecule has 4 atom stereocenters. The van der Waals surface area contributed by atoms with E-state index in [-0.39, 0.29) is 36.3 Å². The summed E-state index contributed by atoms with van der Waals surface area (Å²) in [7, 11) is 0. The van der Waals surface area contributed by atoms with Gasteiger partial charge < -0.3 is 36.6 Å². The highest BCUT2D eigenvalue weighted by Gasteiger charge is 2.75. The van der Waals surface area contributed by atoms with Crippen molar-refractivity contribution in [3.8, 4) is 5.75 Å². The van der Waals surface area contributed by atoms with E-state index < -0.39 is 35.5 Å². The lowest BCUT2D eigenvalue weighted by Crippen LogP contribution is -2.79. The molecular formula is C28H34ClN8O5+. The third kappa shape index (κ3) is 4.22. The number of halogens is 1. The van der Waals surface area contributed by atoms with E-state index in [1.165, 1.54) is 10.6 Å². The third-order valence-electron chi connectivity index (χ3n) is 8.70. The molecule has 14 heteroatoms. The molecule has 0 bridgehead atoms. The molecule has 2 amide bonds. The zero-order chi connectivity index (χ0) is 30.0. The molecule has 0 aromatic heterocycles. The van der Waals surface area contributed by atoms with Crippen molar-refractivity contribution in [2.75, 3.05) is 19.7 Å². The average Bonchev–Trinajstić information content (AvgIpc) is 3.40. The van der Waals surface area contributed by atoms with E-state index in [2.05, 4.69) is 40.1 Å². The number of para-hydroxylation sites is 1. The van der Waals surface area contributed by atoms with Crippen LogP contribution in [0.3, 0.4) is 0 Å². The summed E-state index contributed by atoms with van der Waals surface area (Å²) in [6.07, 6.45) is 0.804. The molecule has 1 fully saturated rings. The molecule has 1 spiro atoms. The highest BCUT2D eigenvalue weighted by atomic mass is 35.5. The third-order valence-corrected chi connectivity index (χ3v) is 8.94. The maximum absolute atomic E-state index is 13.6. The molecule has 1 saturated heterocycles. The van der Waals surface area contributed by atoms with Gasteiger partial charge in [0.2, 0.25) is 11.4 Å². The summed E-state index contributed by atoms with van der Waals surface area (Å²) in [6.45, 7) is 4.58. The molecule has 4 aliphatic rings. The molecule has 4 aliphatic heterocycles. The van der Waals surface area contributed by atoms with Crippen LogP contribution in [0.5, 0.6) is 5.75 Å². The molecule has 4 heterocycles. The Morgan fingerprint density at radius 2 is 1.95 bits per heavy atom.